The zero-order valence-corrected chi connectivity index (χ0v) is 13.8. The molecule has 5 nitrogen and oxygen atoms in total. The van der Waals surface area contributed by atoms with Gasteiger partial charge in [-0.2, -0.15) is 0 Å². The fourth-order valence-electron chi connectivity index (χ4n) is 1.94. The van der Waals surface area contributed by atoms with E-state index < -0.39 is 15.7 Å². The van der Waals surface area contributed by atoms with Gasteiger partial charge in [0.25, 0.3) is 5.91 Å². The smallest absolute Gasteiger partial charge is 0.258 e. The summed E-state index contributed by atoms with van der Waals surface area (Å²) in [5.74, 6) is -0.122. The maximum absolute atomic E-state index is 11.7. The summed E-state index contributed by atoms with van der Waals surface area (Å²) in [6.45, 7) is -0.284. The molecule has 9 heteroatoms. The molecule has 1 aliphatic heterocycles. The van der Waals surface area contributed by atoms with Crippen LogP contribution in [-0.4, -0.2) is 38.5 Å². The van der Waals surface area contributed by atoms with Crippen molar-refractivity contribution in [1.29, 1.82) is 0 Å². The number of ether oxygens (including phenoxy) is 1. The molecule has 0 bridgehead atoms. The van der Waals surface area contributed by atoms with Gasteiger partial charge in [0.05, 0.1) is 26.6 Å². The van der Waals surface area contributed by atoms with Crippen LogP contribution in [0.3, 0.4) is 0 Å². The normalized spacial score (nSPS) is 20.2. The second-order valence-electron chi connectivity index (χ2n) is 4.65. The highest BCUT2D eigenvalue weighted by Gasteiger charge is 2.28. The number of sulfone groups is 1. The molecule has 0 aliphatic carbocycles. The van der Waals surface area contributed by atoms with Crippen LogP contribution in [0.25, 0.3) is 0 Å². The van der Waals surface area contributed by atoms with E-state index in [-0.39, 0.29) is 45.0 Å². The van der Waals surface area contributed by atoms with Gasteiger partial charge >= 0.3 is 0 Å². The first kappa shape index (κ1) is 16.7. The third-order valence-electron chi connectivity index (χ3n) is 2.93. The van der Waals surface area contributed by atoms with Crippen molar-refractivity contribution >= 4 is 50.5 Å². The maximum Gasteiger partial charge on any atom is 0.258 e. The molecule has 1 heterocycles. The Balaban J connectivity index is 1.89. The maximum atomic E-state index is 11.7. The first-order chi connectivity index (χ1) is 9.77. The summed E-state index contributed by atoms with van der Waals surface area (Å²) in [7, 11) is -3.03. The van der Waals surface area contributed by atoms with Gasteiger partial charge in [0.15, 0.2) is 16.4 Å². The summed E-state index contributed by atoms with van der Waals surface area (Å²) in [6, 6.07) is 2.47. The number of halogens is 3. The molecular formula is C12H12Cl3NO4S. The standard InChI is InChI=1S/C12H12Cl3NO4S/c13-8-3-10(15)11(4-9(8)14)20-5-12(17)16-7-1-2-21(18,19)6-7/h3-4,7H,1-2,5-6H2,(H,16,17). The summed E-state index contributed by atoms with van der Waals surface area (Å²) < 4.78 is 27.8. The highest BCUT2D eigenvalue weighted by atomic mass is 35.5. The number of rotatable bonds is 4. The van der Waals surface area contributed by atoms with E-state index in [0.29, 0.717) is 6.42 Å². The number of carbonyl (C=O) groups is 1. The molecule has 1 aromatic rings. The minimum Gasteiger partial charge on any atom is -0.482 e. The SMILES string of the molecule is O=C(COc1cc(Cl)c(Cl)cc1Cl)NC1CCS(=O)(=O)C1. The van der Waals surface area contributed by atoms with Gasteiger partial charge in [0, 0.05) is 12.1 Å². The lowest BCUT2D eigenvalue weighted by molar-refractivity contribution is -0.123. The van der Waals surface area contributed by atoms with Crippen molar-refractivity contribution in [3.8, 4) is 5.75 Å². The lowest BCUT2D eigenvalue weighted by Gasteiger charge is -2.12. The Kier molecular flexibility index (Phi) is 5.24. The van der Waals surface area contributed by atoms with Crippen molar-refractivity contribution in [2.45, 2.75) is 12.5 Å². The van der Waals surface area contributed by atoms with Gasteiger partial charge in [-0.15, -0.1) is 0 Å². The molecule has 1 amide bonds. The third kappa shape index (κ3) is 4.64. The van der Waals surface area contributed by atoms with E-state index in [2.05, 4.69) is 5.32 Å². The van der Waals surface area contributed by atoms with E-state index in [1.807, 2.05) is 0 Å². The number of hydrogen-bond donors (Lipinski definition) is 1. The summed E-state index contributed by atoms with van der Waals surface area (Å²) in [4.78, 5) is 11.7. The molecule has 0 saturated carbocycles. The second kappa shape index (κ2) is 6.60. The number of benzene rings is 1. The van der Waals surface area contributed by atoms with Crippen molar-refractivity contribution in [2.75, 3.05) is 18.1 Å². The predicted molar refractivity (Wildman–Crippen MR) is 82.2 cm³/mol. The van der Waals surface area contributed by atoms with Gasteiger partial charge < -0.3 is 10.1 Å². The van der Waals surface area contributed by atoms with Crippen LogP contribution in [0.1, 0.15) is 6.42 Å². The Morgan fingerprint density at radius 2 is 1.90 bits per heavy atom. The molecule has 1 N–H and O–H groups in total. The highest BCUT2D eigenvalue weighted by molar-refractivity contribution is 7.91. The van der Waals surface area contributed by atoms with E-state index in [9.17, 15) is 13.2 Å². The fraction of sp³-hybridized carbons (Fsp3) is 0.417. The Bertz CT molecular complexity index is 663. The minimum absolute atomic E-state index is 0.0354. The zero-order valence-electron chi connectivity index (χ0n) is 10.7. The van der Waals surface area contributed by atoms with Crippen LogP contribution in [0.5, 0.6) is 5.75 Å². The van der Waals surface area contributed by atoms with Crippen molar-refractivity contribution < 1.29 is 17.9 Å². The van der Waals surface area contributed by atoms with Crippen LogP contribution < -0.4 is 10.1 Å². The van der Waals surface area contributed by atoms with Crippen LogP contribution in [0, 0.1) is 0 Å². The Morgan fingerprint density at radius 3 is 2.52 bits per heavy atom. The van der Waals surface area contributed by atoms with Crippen LogP contribution >= 0.6 is 34.8 Å². The van der Waals surface area contributed by atoms with Gasteiger partial charge in [-0.05, 0) is 12.5 Å². The van der Waals surface area contributed by atoms with Crippen molar-refractivity contribution in [1.82, 2.24) is 5.32 Å². The topological polar surface area (TPSA) is 72.5 Å². The molecule has 21 heavy (non-hydrogen) atoms. The molecule has 2 rings (SSSR count). The Hall–Kier alpha value is -0.690. The van der Waals surface area contributed by atoms with Crippen molar-refractivity contribution in [2.24, 2.45) is 0 Å². The van der Waals surface area contributed by atoms with E-state index in [1.165, 1.54) is 12.1 Å². The van der Waals surface area contributed by atoms with Gasteiger partial charge in [-0.1, -0.05) is 34.8 Å². The minimum atomic E-state index is -3.03. The average molecular weight is 373 g/mol. The van der Waals surface area contributed by atoms with E-state index >= 15 is 0 Å². The van der Waals surface area contributed by atoms with E-state index in [0.717, 1.165) is 0 Å². The number of nitrogens with one attached hydrogen (secondary N) is 1. The summed E-state index contributed by atoms with van der Waals surface area (Å²) >= 11 is 17.5. The molecule has 116 valence electrons. The van der Waals surface area contributed by atoms with Gasteiger partial charge in [-0.3, -0.25) is 4.79 Å². The molecule has 1 saturated heterocycles. The van der Waals surface area contributed by atoms with E-state index in [1.54, 1.807) is 0 Å². The molecular weight excluding hydrogens is 361 g/mol. The molecule has 1 aromatic carbocycles. The largest absolute Gasteiger partial charge is 0.482 e. The molecule has 0 spiro atoms. The first-order valence-corrected chi connectivity index (χ1v) is 8.99. The Labute approximate surface area is 137 Å². The monoisotopic (exact) mass is 371 g/mol. The first-order valence-electron chi connectivity index (χ1n) is 6.04. The van der Waals surface area contributed by atoms with Gasteiger partial charge in [0.2, 0.25) is 0 Å². The molecule has 1 aliphatic rings. The lowest BCUT2D eigenvalue weighted by atomic mass is 10.2. The van der Waals surface area contributed by atoms with Crippen LogP contribution in [0.2, 0.25) is 15.1 Å². The highest BCUT2D eigenvalue weighted by Crippen LogP contribution is 2.33. The average Bonchev–Trinajstić information content (AvgIpc) is 2.71. The summed E-state index contributed by atoms with van der Waals surface area (Å²) in [5.41, 5.74) is 0. The van der Waals surface area contributed by atoms with Crippen molar-refractivity contribution in [3.05, 3.63) is 27.2 Å². The zero-order chi connectivity index (χ0) is 15.6. The molecule has 1 atom stereocenters. The molecule has 0 aromatic heterocycles. The second-order valence-corrected chi connectivity index (χ2v) is 8.10. The number of hydrogen-bond acceptors (Lipinski definition) is 4. The summed E-state index contributed by atoms with van der Waals surface area (Å²) in [6.07, 6.45) is 0.418. The van der Waals surface area contributed by atoms with Gasteiger partial charge in [-0.25, -0.2) is 8.42 Å². The van der Waals surface area contributed by atoms with E-state index in [4.69, 9.17) is 39.5 Å². The third-order valence-corrected chi connectivity index (χ3v) is 5.72. The quantitative estimate of drug-likeness (QED) is 0.823. The van der Waals surface area contributed by atoms with Crippen LogP contribution in [0.4, 0.5) is 0 Å². The molecule has 0 radical (unpaired) electrons. The molecule has 1 unspecified atom stereocenters. The summed E-state index contributed by atoms with van der Waals surface area (Å²) in [5, 5.41) is 3.39. The predicted octanol–water partition coefficient (Wildman–Crippen LogP) is 2.33. The van der Waals surface area contributed by atoms with Gasteiger partial charge in [0.1, 0.15) is 5.75 Å². The Morgan fingerprint density at radius 1 is 1.24 bits per heavy atom. The number of amides is 1. The number of carbonyl (C=O) groups excluding carboxylic acids is 1. The lowest BCUT2D eigenvalue weighted by Crippen LogP contribution is -2.38. The molecule has 1 fully saturated rings. The van der Waals surface area contributed by atoms with Crippen LogP contribution in [-0.2, 0) is 14.6 Å². The van der Waals surface area contributed by atoms with Crippen LogP contribution in [0.15, 0.2) is 12.1 Å². The van der Waals surface area contributed by atoms with Crippen molar-refractivity contribution in [3.63, 3.8) is 0 Å². The fourth-order valence-corrected chi connectivity index (χ4v) is 4.20.